The standard InChI is InChI=1S/C13H27N3O2/c1-15(11-13-3-2-8-18-13)9-12(17)10-16-6-4-14-5-7-16/h12-14,17H,2-11H2,1H3. The Bertz CT molecular complexity index is 228. The van der Waals surface area contributed by atoms with Crippen molar-refractivity contribution in [3.8, 4) is 0 Å². The third kappa shape index (κ3) is 4.82. The smallest absolute Gasteiger partial charge is 0.0793 e. The summed E-state index contributed by atoms with van der Waals surface area (Å²) in [5.41, 5.74) is 0. The summed E-state index contributed by atoms with van der Waals surface area (Å²) in [7, 11) is 2.07. The van der Waals surface area contributed by atoms with Crippen LogP contribution in [0.15, 0.2) is 0 Å². The molecule has 0 aromatic carbocycles. The largest absolute Gasteiger partial charge is 0.390 e. The van der Waals surface area contributed by atoms with Gasteiger partial charge in [-0.25, -0.2) is 0 Å². The van der Waals surface area contributed by atoms with E-state index in [-0.39, 0.29) is 6.10 Å². The van der Waals surface area contributed by atoms with Gasteiger partial charge in [0.1, 0.15) is 0 Å². The van der Waals surface area contributed by atoms with Crippen molar-refractivity contribution in [3.63, 3.8) is 0 Å². The fourth-order valence-corrected chi connectivity index (χ4v) is 2.82. The van der Waals surface area contributed by atoms with Gasteiger partial charge >= 0.3 is 0 Å². The highest BCUT2D eigenvalue weighted by Gasteiger charge is 2.20. The van der Waals surface area contributed by atoms with Crippen molar-refractivity contribution >= 4 is 0 Å². The van der Waals surface area contributed by atoms with Gasteiger partial charge in [-0.1, -0.05) is 0 Å². The molecule has 2 aliphatic heterocycles. The molecule has 2 rings (SSSR count). The molecule has 5 nitrogen and oxygen atoms in total. The number of aliphatic hydroxyl groups excluding tert-OH is 1. The van der Waals surface area contributed by atoms with E-state index in [1.807, 2.05) is 0 Å². The second-order valence-corrected chi connectivity index (χ2v) is 5.56. The van der Waals surface area contributed by atoms with E-state index < -0.39 is 0 Å². The van der Waals surface area contributed by atoms with Gasteiger partial charge in [0.05, 0.1) is 12.2 Å². The summed E-state index contributed by atoms with van der Waals surface area (Å²) >= 11 is 0. The lowest BCUT2D eigenvalue weighted by atomic mass is 10.2. The first-order valence-electron chi connectivity index (χ1n) is 7.15. The number of hydrogen-bond donors (Lipinski definition) is 2. The highest BCUT2D eigenvalue weighted by molar-refractivity contribution is 4.74. The number of hydrogen-bond acceptors (Lipinski definition) is 5. The van der Waals surface area contributed by atoms with Gasteiger partial charge in [0.2, 0.25) is 0 Å². The van der Waals surface area contributed by atoms with Gasteiger partial charge < -0.3 is 20.1 Å². The number of β-amino-alcohol motifs (C(OH)–C–C–N with tert-alkyl or cyclic N) is 1. The molecule has 0 radical (unpaired) electrons. The summed E-state index contributed by atoms with van der Waals surface area (Å²) in [5.74, 6) is 0. The van der Waals surface area contributed by atoms with Gasteiger partial charge in [0.15, 0.2) is 0 Å². The van der Waals surface area contributed by atoms with Crippen molar-refractivity contribution in [1.82, 2.24) is 15.1 Å². The summed E-state index contributed by atoms with van der Waals surface area (Å²) < 4.78 is 5.61. The Hall–Kier alpha value is -0.200. The van der Waals surface area contributed by atoms with E-state index in [2.05, 4.69) is 22.2 Å². The summed E-state index contributed by atoms with van der Waals surface area (Å²) in [6.45, 7) is 7.55. The van der Waals surface area contributed by atoms with Crippen LogP contribution < -0.4 is 5.32 Å². The molecule has 2 unspecified atom stereocenters. The number of nitrogens with one attached hydrogen (secondary N) is 1. The lowest BCUT2D eigenvalue weighted by Gasteiger charge is -2.30. The van der Waals surface area contributed by atoms with Gasteiger partial charge in [0.25, 0.3) is 0 Å². The van der Waals surface area contributed by atoms with E-state index in [0.717, 1.165) is 58.8 Å². The van der Waals surface area contributed by atoms with Crippen molar-refractivity contribution < 1.29 is 9.84 Å². The zero-order valence-corrected chi connectivity index (χ0v) is 11.5. The molecule has 106 valence electrons. The maximum Gasteiger partial charge on any atom is 0.0793 e. The first-order chi connectivity index (χ1) is 8.74. The molecule has 0 aromatic heterocycles. The van der Waals surface area contributed by atoms with Crippen LogP contribution in [0, 0.1) is 0 Å². The highest BCUT2D eigenvalue weighted by atomic mass is 16.5. The Morgan fingerprint density at radius 1 is 1.44 bits per heavy atom. The van der Waals surface area contributed by atoms with Crippen LogP contribution in [0.3, 0.4) is 0 Å². The van der Waals surface area contributed by atoms with Crippen molar-refractivity contribution in [1.29, 1.82) is 0 Å². The molecular weight excluding hydrogens is 230 g/mol. The Kier molecular flexibility index (Phi) is 5.85. The first kappa shape index (κ1) is 14.2. The van der Waals surface area contributed by atoms with E-state index in [1.54, 1.807) is 0 Å². The average molecular weight is 257 g/mol. The number of piperazine rings is 1. The number of ether oxygens (including phenoxy) is 1. The lowest BCUT2D eigenvalue weighted by molar-refractivity contribution is 0.0458. The van der Waals surface area contributed by atoms with Crippen LogP contribution >= 0.6 is 0 Å². The molecule has 2 aliphatic rings. The van der Waals surface area contributed by atoms with Crippen molar-refractivity contribution in [2.75, 3.05) is 59.5 Å². The summed E-state index contributed by atoms with van der Waals surface area (Å²) in [6, 6.07) is 0. The third-order valence-corrected chi connectivity index (χ3v) is 3.74. The Morgan fingerprint density at radius 3 is 2.89 bits per heavy atom. The average Bonchev–Trinajstić information content (AvgIpc) is 2.82. The summed E-state index contributed by atoms with van der Waals surface area (Å²) in [6.07, 6.45) is 2.47. The molecule has 0 aromatic rings. The molecule has 18 heavy (non-hydrogen) atoms. The predicted molar refractivity (Wildman–Crippen MR) is 71.8 cm³/mol. The molecule has 2 saturated heterocycles. The van der Waals surface area contributed by atoms with Crippen LogP contribution in [0.5, 0.6) is 0 Å². The number of likely N-dealkylation sites (N-methyl/N-ethyl adjacent to an activating group) is 1. The Balaban J connectivity index is 1.61. The van der Waals surface area contributed by atoms with Gasteiger partial charge in [-0.15, -0.1) is 0 Å². The van der Waals surface area contributed by atoms with Crippen LogP contribution in [0.4, 0.5) is 0 Å². The Labute approximate surface area is 110 Å². The molecule has 0 saturated carbocycles. The summed E-state index contributed by atoms with van der Waals surface area (Å²) in [4.78, 5) is 4.53. The van der Waals surface area contributed by atoms with E-state index in [4.69, 9.17) is 4.74 Å². The molecule has 0 bridgehead atoms. The normalized spacial score (nSPS) is 27.8. The molecule has 5 heteroatoms. The SMILES string of the molecule is CN(CC(O)CN1CCNCC1)CC1CCCO1. The van der Waals surface area contributed by atoms with Crippen LogP contribution in [0.1, 0.15) is 12.8 Å². The minimum atomic E-state index is -0.255. The molecule has 0 amide bonds. The van der Waals surface area contributed by atoms with Gasteiger partial charge in [-0.2, -0.15) is 0 Å². The lowest BCUT2D eigenvalue weighted by Crippen LogP contribution is -2.48. The molecule has 0 spiro atoms. The van der Waals surface area contributed by atoms with Gasteiger partial charge in [-0.05, 0) is 19.9 Å². The van der Waals surface area contributed by atoms with Crippen LogP contribution in [0.25, 0.3) is 0 Å². The molecule has 2 N–H and O–H groups in total. The summed E-state index contributed by atoms with van der Waals surface area (Å²) in [5, 5.41) is 13.4. The van der Waals surface area contributed by atoms with Crippen molar-refractivity contribution in [3.05, 3.63) is 0 Å². The highest BCUT2D eigenvalue weighted by Crippen LogP contribution is 2.12. The first-order valence-corrected chi connectivity index (χ1v) is 7.15. The second kappa shape index (κ2) is 7.40. The minimum absolute atomic E-state index is 0.255. The number of nitrogens with zero attached hydrogens (tertiary/aromatic N) is 2. The zero-order chi connectivity index (χ0) is 12.8. The predicted octanol–water partition coefficient (Wildman–Crippen LogP) is -0.637. The fourth-order valence-electron chi connectivity index (χ4n) is 2.82. The van der Waals surface area contributed by atoms with E-state index in [1.165, 1.54) is 6.42 Å². The van der Waals surface area contributed by atoms with Crippen LogP contribution in [0.2, 0.25) is 0 Å². The van der Waals surface area contributed by atoms with Crippen LogP contribution in [-0.4, -0.2) is 86.6 Å². The monoisotopic (exact) mass is 257 g/mol. The molecule has 2 atom stereocenters. The quantitative estimate of drug-likeness (QED) is 0.663. The molecule has 2 heterocycles. The topological polar surface area (TPSA) is 48.0 Å². The third-order valence-electron chi connectivity index (χ3n) is 3.74. The van der Waals surface area contributed by atoms with E-state index in [0.29, 0.717) is 6.10 Å². The van der Waals surface area contributed by atoms with Crippen molar-refractivity contribution in [2.45, 2.75) is 25.0 Å². The number of rotatable bonds is 6. The molecular formula is C13H27N3O2. The van der Waals surface area contributed by atoms with E-state index >= 15 is 0 Å². The molecule has 0 aliphatic carbocycles. The number of aliphatic hydroxyl groups is 1. The van der Waals surface area contributed by atoms with E-state index in [9.17, 15) is 5.11 Å². The van der Waals surface area contributed by atoms with Gasteiger partial charge in [0, 0.05) is 52.4 Å². The Morgan fingerprint density at radius 2 is 2.22 bits per heavy atom. The minimum Gasteiger partial charge on any atom is -0.390 e. The molecule has 2 fully saturated rings. The van der Waals surface area contributed by atoms with Crippen LogP contribution in [-0.2, 0) is 4.74 Å². The van der Waals surface area contributed by atoms with Crippen molar-refractivity contribution in [2.24, 2.45) is 0 Å². The maximum atomic E-state index is 10.1. The maximum absolute atomic E-state index is 10.1. The zero-order valence-electron chi connectivity index (χ0n) is 11.5. The van der Waals surface area contributed by atoms with Gasteiger partial charge in [-0.3, -0.25) is 4.90 Å². The fraction of sp³-hybridized carbons (Fsp3) is 1.00. The second-order valence-electron chi connectivity index (χ2n) is 5.56.